The van der Waals surface area contributed by atoms with Gasteiger partial charge in [-0.1, -0.05) is 0 Å². The van der Waals surface area contributed by atoms with Gasteiger partial charge in [0, 0.05) is 0 Å². The molecule has 2 aromatic carbocycles. The van der Waals surface area contributed by atoms with E-state index >= 15 is 0 Å². The van der Waals surface area contributed by atoms with E-state index in [1.807, 2.05) is 0 Å². The molecule has 2 aromatic rings. The van der Waals surface area contributed by atoms with Crippen LogP contribution in [0.25, 0.3) is 0 Å². The van der Waals surface area contributed by atoms with Crippen LogP contribution in [0.5, 0.6) is 11.5 Å². The van der Waals surface area contributed by atoms with E-state index in [0.717, 1.165) is 33.2 Å². The summed E-state index contributed by atoms with van der Waals surface area (Å²) in [5.74, 6) is 2.22. The maximum absolute atomic E-state index is 7.42. The monoisotopic (exact) mass is 700 g/mol. The Bertz CT molecular complexity index is 905. The third-order valence-electron chi connectivity index (χ3n) is 9.31. The van der Waals surface area contributed by atoms with Gasteiger partial charge in [0.2, 0.25) is 0 Å². The summed E-state index contributed by atoms with van der Waals surface area (Å²) in [6.45, 7) is 13.8. The molecule has 0 radical (unpaired) electrons. The zero-order valence-corrected chi connectivity index (χ0v) is 32.2. The first kappa shape index (κ1) is 38.0. The predicted molar refractivity (Wildman–Crippen MR) is 192 cm³/mol. The number of benzene rings is 2. The van der Waals surface area contributed by atoms with Gasteiger partial charge < -0.3 is 0 Å². The zero-order valence-electron chi connectivity index (χ0n) is 29.3. The van der Waals surface area contributed by atoms with Crippen LogP contribution >= 0.6 is 0 Å². The molecule has 0 amide bonds. The zero-order chi connectivity index (χ0) is 31.2. The Labute approximate surface area is 273 Å². The Morgan fingerprint density at radius 2 is 0.791 bits per heavy atom. The topological polar surface area (TPSA) is 18.5 Å². The van der Waals surface area contributed by atoms with E-state index in [0.29, 0.717) is 0 Å². The minimum atomic E-state index is -3.60. The first-order valence-corrected chi connectivity index (χ1v) is 24.9. The van der Waals surface area contributed by atoms with Crippen LogP contribution in [-0.2, 0) is 12.8 Å². The SMILES string of the molecule is CCCCCCC[CH2][Sn]([CH2]CCCCCCC)([O]c1cccc(CCCCC)c1C)[O]c1cccc(CCCCC)c1C. The van der Waals surface area contributed by atoms with Crippen molar-refractivity contribution in [3.63, 3.8) is 0 Å². The first-order chi connectivity index (χ1) is 21.0. The van der Waals surface area contributed by atoms with Crippen LogP contribution in [0.1, 0.15) is 166 Å². The molecule has 0 saturated heterocycles. The quantitative estimate of drug-likeness (QED) is 0.0719. The summed E-state index contributed by atoms with van der Waals surface area (Å²) >= 11 is -3.60. The van der Waals surface area contributed by atoms with Gasteiger partial charge in [-0.05, 0) is 0 Å². The van der Waals surface area contributed by atoms with Crippen LogP contribution in [0.2, 0.25) is 8.87 Å². The third-order valence-corrected chi connectivity index (χ3v) is 19.1. The van der Waals surface area contributed by atoms with Crippen molar-refractivity contribution in [3.05, 3.63) is 58.7 Å². The molecule has 0 saturated carbocycles. The van der Waals surface area contributed by atoms with Crippen LogP contribution in [0.3, 0.4) is 0 Å². The fraction of sp³-hybridized carbons (Fsp3) is 0.700. The fourth-order valence-corrected chi connectivity index (χ4v) is 16.4. The molecule has 0 aromatic heterocycles. The van der Waals surface area contributed by atoms with Crippen LogP contribution in [0.15, 0.2) is 36.4 Å². The Morgan fingerprint density at radius 3 is 1.19 bits per heavy atom. The number of aryl methyl sites for hydroxylation is 2. The number of hydrogen-bond acceptors (Lipinski definition) is 2. The summed E-state index contributed by atoms with van der Waals surface area (Å²) in [5, 5.41) is 0. The van der Waals surface area contributed by atoms with Gasteiger partial charge in [0.1, 0.15) is 0 Å². The van der Waals surface area contributed by atoms with Gasteiger partial charge >= 0.3 is 274 Å². The third kappa shape index (κ3) is 14.7. The van der Waals surface area contributed by atoms with Gasteiger partial charge in [-0.25, -0.2) is 0 Å². The van der Waals surface area contributed by atoms with Crippen molar-refractivity contribution < 1.29 is 6.15 Å². The Balaban J connectivity index is 2.40. The molecule has 0 spiro atoms. The molecule has 0 heterocycles. The van der Waals surface area contributed by atoms with Crippen LogP contribution < -0.4 is 6.15 Å². The van der Waals surface area contributed by atoms with Crippen molar-refractivity contribution in [2.75, 3.05) is 0 Å². The first-order valence-electron chi connectivity index (χ1n) is 18.5. The molecule has 2 rings (SSSR count). The van der Waals surface area contributed by atoms with E-state index in [1.165, 1.54) is 138 Å². The van der Waals surface area contributed by atoms with Crippen LogP contribution in [-0.4, -0.2) is 19.2 Å². The van der Waals surface area contributed by atoms with Crippen molar-refractivity contribution in [1.29, 1.82) is 0 Å². The second kappa shape index (κ2) is 23.2. The van der Waals surface area contributed by atoms with Crippen molar-refractivity contribution in [2.24, 2.45) is 0 Å². The summed E-state index contributed by atoms with van der Waals surface area (Å²) in [6, 6.07) is 13.6. The molecule has 0 aliphatic heterocycles. The van der Waals surface area contributed by atoms with Gasteiger partial charge in [-0.3, -0.25) is 0 Å². The normalized spacial score (nSPS) is 11.7. The average Bonchev–Trinajstić information content (AvgIpc) is 3.00. The van der Waals surface area contributed by atoms with E-state index in [4.69, 9.17) is 6.15 Å². The molecule has 0 unspecified atom stereocenters. The van der Waals surface area contributed by atoms with E-state index in [2.05, 4.69) is 77.9 Å². The maximum atomic E-state index is 7.42. The van der Waals surface area contributed by atoms with Crippen LogP contribution in [0.4, 0.5) is 0 Å². The van der Waals surface area contributed by atoms with Crippen molar-refractivity contribution >= 4 is 19.2 Å². The molecule has 3 heteroatoms. The molecule has 0 aliphatic carbocycles. The van der Waals surface area contributed by atoms with E-state index in [9.17, 15) is 0 Å². The number of hydrogen-bond donors (Lipinski definition) is 0. The molecule has 43 heavy (non-hydrogen) atoms. The van der Waals surface area contributed by atoms with Gasteiger partial charge in [0.15, 0.2) is 0 Å². The molecule has 0 bridgehead atoms. The van der Waals surface area contributed by atoms with Gasteiger partial charge in [0.25, 0.3) is 0 Å². The summed E-state index contributed by atoms with van der Waals surface area (Å²) in [4.78, 5) is 0. The van der Waals surface area contributed by atoms with Crippen molar-refractivity contribution in [2.45, 2.75) is 179 Å². The summed E-state index contributed by atoms with van der Waals surface area (Å²) < 4.78 is 17.1. The Morgan fingerprint density at radius 1 is 0.442 bits per heavy atom. The molecule has 0 N–H and O–H groups in total. The van der Waals surface area contributed by atoms with Gasteiger partial charge in [-0.2, -0.15) is 0 Å². The van der Waals surface area contributed by atoms with Crippen LogP contribution in [0, 0.1) is 13.8 Å². The molecule has 0 aliphatic rings. The summed E-state index contributed by atoms with van der Waals surface area (Å²) in [5.41, 5.74) is 5.61. The minimum absolute atomic E-state index is 1.11. The predicted octanol–water partition coefficient (Wildman–Crippen LogP) is 13.4. The fourth-order valence-electron chi connectivity index (χ4n) is 6.31. The Kier molecular flexibility index (Phi) is 20.5. The van der Waals surface area contributed by atoms with E-state index in [1.54, 1.807) is 0 Å². The second-order valence-corrected chi connectivity index (χ2v) is 22.4. The molecule has 244 valence electrons. The number of rotatable bonds is 26. The molecular weight excluding hydrogens is 631 g/mol. The van der Waals surface area contributed by atoms with Gasteiger partial charge in [-0.15, -0.1) is 0 Å². The van der Waals surface area contributed by atoms with Crippen molar-refractivity contribution in [3.8, 4) is 11.5 Å². The second-order valence-electron chi connectivity index (χ2n) is 13.1. The molecule has 0 atom stereocenters. The van der Waals surface area contributed by atoms with Gasteiger partial charge in [0.05, 0.1) is 0 Å². The molecular formula is C40H68O2Sn. The molecule has 0 fully saturated rings. The standard InChI is InChI=1S/2C12H18O.2C8H17.Sn/c2*1-3-4-5-7-11-8-6-9-12(13)10(11)2;2*1-3-5-7-8-6-4-2;/h2*6,8-9,13H,3-5,7H2,1-2H3;2*1,3-8H2,2H3;/q;;;;+2/p-2. The van der Waals surface area contributed by atoms with E-state index in [-0.39, 0.29) is 0 Å². The van der Waals surface area contributed by atoms with Crippen molar-refractivity contribution in [1.82, 2.24) is 0 Å². The van der Waals surface area contributed by atoms with E-state index < -0.39 is 19.2 Å². The number of unbranched alkanes of at least 4 members (excludes halogenated alkanes) is 14. The average molecular weight is 700 g/mol. The summed E-state index contributed by atoms with van der Waals surface area (Å²) in [6.07, 6.45) is 25.7. The molecule has 2 nitrogen and oxygen atoms in total. The summed E-state index contributed by atoms with van der Waals surface area (Å²) in [7, 11) is 0. The Hall–Kier alpha value is -1.16.